The summed E-state index contributed by atoms with van der Waals surface area (Å²) >= 11 is 0. The molecule has 2 aromatic heterocycles. The molecule has 0 radical (unpaired) electrons. The molecule has 0 unspecified atom stereocenters. The Morgan fingerprint density at radius 3 is 2.96 bits per heavy atom. The summed E-state index contributed by atoms with van der Waals surface area (Å²) in [4.78, 5) is 4.47. The molecule has 134 valence electrons. The van der Waals surface area contributed by atoms with Gasteiger partial charge in [0.2, 0.25) is 5.88 Å². The molecule has 6 heteroatoms. The Morgan fingerprint density at radius 2 is 2.12 bits per heavy atom. The van der Waals surface area contributed by atoms with Gasteiger partial charge in [0.25, 0.3) is 0 Å². The molecule has 1 aliphatic carbocycles. The van der Waals surface area contributed by atoms with Crippen LogP contribution in [0, 0.1) is 5.92 Å². The summed E-state index contributed by atoms with van der Waals surface area (Å²) in [5, 5.41) is 11.3. The van der Waals surface area contributed by atoms with Gasteiger partial charge in [0.1, 0.15) is 11.9 Å². The lowest BCUT2D eigenvalue weighted by Crippen LogP contribution is -2.35. The van der Waals surface area contributed by atoms with Crippen LogP contribution in [-0.4, -0.2) is 34.0 Å². The van der Waals surface area contributed by atoms with Crippen LogP contribution < -0.4 is 15.4 Å². The number of hydrogen-bond acceptors (Lipinski definition) is 5. The molecule has 1 aliphatic heterocycles. The molecule has 3 heterocycles. The monoisotopic (exact) mass is 341 g/mol. The van der Waals surface area contributed by atoms with E-state index in [9.17, 15) is 0 Å². The molecular weight excluding hydrogens is 314 g/mol. The maximum atomic E-state index is 5.99. The van der Waals surface area contributed by atoms with Crippen LogP contribution in [0.1, 0.15) is 37.7 Å². The van der Waals surface area contributed by atoms with E-state index in [-0.39, 0.29) is 0 Å². The van der Waals surface area contributed by atoms with Crippen LogP contribution in [0.5, 0.6) is 5.88 Å². The van der Waals surface area contributed by atoms with Crippen molar-refractivity contribution in [2.75, 3.05) is 18.4 Å². The normalized spacial score (nSPS) is 20.7. The number of nitrogens with one attached hydrogen (secondary N) is 2. The topological polar surface area (TPSA) is 64.0 Å². The first-order chi connectivity index (χ1) is 12.4. The molecule has 2 aromatic rings. The van der Waals surface area contributed by atoms with Crippen LogP contribution in [0.2, 0.25) is 0 Å². The third-order valence-electron chi connectivity index (χ3n) is 5.12. The van der Waals surface area contributed by atoms with Gasteiger partial charge in [-0.3, -0.25) is 0 Å². The van der Waals surface area contributed by atoms with E-state index >= 15 is 0 Å². The summed E-state index contributed by atoms with van der Waals surface area (Å²) in [6, 6.07) is 6.14. The van der Waals surface area contributed by atoms with E-state index in [0.29, 0.717) is 12.0 Å². The summed E-state index contributed by atoms with van der Waals surface area (Å²) in [5.74, 6) is 2.43. The van der Waals surface area contributed by atoms with Crippen molar-refractivity contribution in [2.24, 2.45) is 5.92 Å². The molecule has 0 saturated heterocycles. The lowest BCUT2D eigenvalue weighted by Gasteiger charge is -2.25. The van der Waals surface area contributed by atoms with Crippen LogP contribution in [0.15, 0.2) is 30.6 Å². The van der Waals surface area contributed by atoms with Gasteiger partial charge < -0.3 is 15.4 Å². The van der Waals surface area contributed by atoms with Crippen molar-refractivity contribution in [2.45, 2.75) is 51.3 Å². The fraction of sp³-hybridized carbons (Fsp3) is 0.579. The van der Waals surface area contributed by atoms with Crippen LogP contribution in [0.25, 0.3) is 0 Å². The molecule has 0 bridgehead atoms. The van der Waals surface area contributed by atoms with E-state index in [2.05, 4.69) is 26.8 Å². The Balaban J connectivity index is 1.21. The number of hydrogen-bond donors (Lipinski definition) is 2. The van der Waals surface area contributed by atoms with Crippen LogP contribution in [0.3, 0.4) is 0 Å². The number of aromatic nitrogens is 3. The maximum Gasteiger partial charge on any atom is 0.213 e. The van der Waals surface area contributed by atoms with Crippen molar-refractivity contribution in [3.63, 3.8) is 0 Å². The zero-order chi connectivity index (χ0) is 16.9. The summed E-state index contributed by atoms with van der Waals surface area (Å²) in [5.41, 5.74) is 1.19. The summed E-state index contributed by atoms with van der Waals surface area (Å²) in [6.45, 7) is 3.76. The van der Waals surface area contributed by atoms with Crippen molar-refractivity contribution in [3.05, 3.63) is 36.2 Å². The van der Waals surface area contributed by atoms with Crippen molar-refractivity contribution < 1.29 is 4.74 Å². The number of pyridine rings is 1. The van der Waals surface area contributed by atoms with E-state index in [1.807, 2.05) is 29.2 Å². The minimum Gasteiger partial charge on any atom is -0.474 e. The molecule has 0 amide bonds. The Kier molecular flexibility index (Phi) is 5.16. The number of nitrogens with zero attached hydrogens (tertiary/aromatic N) is 3. The van der Waals surface area contributed by atoms with E-state index in [1.165, 1.54) is 37.7 Å². The lowest BCUT2D eigenvalue weighted by atomic mass is 9.98. The number of rotatable bonds is 6. The Labute approximate surface area is 149 Å². The molecule has 2 N–H and O–H groups in total. The van der Waals surface area contributed by atoms with Gasteiger partial charge in [-0.15, -0.1) is 0 Å². The van der Waals surface area contributed by atoms with Gasteiger partial charge >= 0.3 is 0 Å². The molecule has 1 saturated carbocycles. The van der Waals surface area contributed by atoms with Gasteiger partial charge in [-0.2, -0.15) is 5.10 Å². The zero-order valence-electron chi connectivity index (χ0n) is 14.7. The smallest absolute Gasteiger partial charge is 0.213 e. The SMILES string of the molecule is c1cc2n(n1)C[C@@H](CNCc1ccc(OC3CCCCC3)nc1)CN2. The van der Waals surface area contributed by atoms with Crippen molar-refractivity contribution in [1.82, 2.24) is 20.1 Å². The fourth-order valence-corrected chi connectivity index (χ4v) is 3.68. The van der Waals surface area contributed by atoms with Crippen molar-refractivity contribution >= 4 is 5.82 Å². The standard InChI is InChI=1S/C19H27N5O/c1-2-4-17(5-3-1)25-19-7-6-15(12-22-19)10-20-11-16-13-21-18-8-9-23-24(18)14-16/h6-9,12,16-17,20-21H,1-5,10-11,13-14H2/t16-/m0/s1. The van der Waals surface area contributed by atoms with E-state index in [4.69, 9.17) is 4.74 Å². The Bertz CT molecular complexity index is 663. The second-order valence-corrected chi connectivity index (χ2v) is 7.16. The summed E-state index contributed by atoms with van der Waals surface area (Å²) in [7, 11) is 0. The second kappa shape index (κ2) is 7.87. The third kappa shape index (κ3) is 4.31. The highest BCUT2D eigenvalue weighted by Gasteiger charge is 2.18. The van der Waals surface area contributed by atoms with Crippen molar-refractivity contribution in [1.29, 1.82) is 0 Å². The largest absolute Gasteiger partial charge is 0.474 e. The van der Waals surface area contributed by atoms with Gasteiger partial charge in [0.15, 0.2) is 0 Å². The first-order valence-electron chi connectivity index (χ1n) is 9.45. The summed E-state index contributed by atoms with van der Waals surface area (Å²) in [6.07, 6.45) is 10.4. The van der Waals surface area contributed by atoms with Gasteiger partial charge in [-0.05, 0) is 31.2 Å². The van der Waals surface area contributed by atoms with Crippen LogP contribution >= 0.6 is 0 Å². The van der Waals surface area contributed by atoms with Gasteiger partial charge in [0.05, 0.1) is 6.20 Å². The molecule has 6 nitrogen and oxygen atoms in total. The van der Waals surface area contributed by atoms with Gasteiger partial charge in [0, 0.05) is 50.4 Å². The van der Waals surface area contributed by atoms with Crippen LogP contribution in [-0.2, 0) is 13.1 Å². The minimum absolute atomic E-state index is 0.358. The number of anilines is 1. The Hall–Kier alpha value is -2.08. The molecule has 4 rings (SSSR count). The van der Waals surface area contributed by atoms with E-state index < -0.39 is 0 Å². The molecule has 0 spiro atoms. The molecule has 1 atom stereocenters. The highest BCUT2D eigenvalue weighted by atomic mass is 16.5. The average molecular weight is 341 g/mol. The first-order valence-corrected chi connectivity index (χ1v) is 9.45. The highest BCUT2D eigenvalue weighted by Crippen LogP contribution is 2.22. The molecule has 2 aliphatic rings. The zero-order valence-corrected chi connectivity index (χ0v) is 14.7. The predicted octanol–water partition coefficient (Wildman–Crippen LogP) is 2.82. The molecular formula is C19H27N5O. The van der Waals surface area contributed by atoms with Crippen molar-refractivity contribution in [3.8, 4) is 5.88 Å². The van der Waals surface area contributed by atoms with Gasteiger partial charge in [-0.25, -0.2) is 9.67 Å². The molecule has 25 heavy (non-hydrogen) atoms. The first kappa shape index (κ1) is 16.4. The highest BCUT2D eigenvalue weighted by molar-refractivity contribution is 5.35. The minimum atomic E-state index is 0.358. The third-order valence-corrected chi connectivity index (χ3v) is 5.12. The van der Waals surface area contributed by atoms with Gasteiger partial charge in [-0.1, -0.05) is 12.5 Å². The average Bonchev–Trinajstić information content (AvgIpc) is 3.12. The molecule has 0 aromatic carbocycles. The van der Waals surface area contributed by atoms with Crippen LogP contribution in [0.4, 0.5) is 5.82 Å². The molecule has 1 fully saturated rings. The Morgan fingerprint density at radius 1 is 1.20 bits per heavy atom. The number of fused-ring (bicyclic) bond motifs is 1. The maximum absolute atomic E-state index is 5.99. The predicted molar refractivity (Wildman–Crippen MR) is 97.7 cm³/mol. The summed E-state index contributed by atoms with van der Waals surface area (Å²) < 4.78 is 8.02. The second-order valence-electron chi connectivity index (χ2n) is 7.16. The quantitative estimate of drug-likeness (QED) is 0.846. The lowest BCUT2D eigenvalue weighted by molar-refractivity contribution is 0.148. The number of ether oxygens (including phenoxy) is 1. The van der Waals surface area contributed by atoms with E-state index in [1.54, 1.807) is 0 Å². The van der Waals surface area contributed by atoms with E-state index in [0.717, 1.165) is 37.9 Å². The fourth-order valence-electron chi connectivity index (χ4n) is 3.68.